The van der Waals surface area contributed by atoms with Gasteiger partial charge >= 0.3 is 5.69 Å². The van der Waals surface area contributed by atoms with Gasteiger partial charge in [0.25, 0.3) is 5.56 Å². The number of carbonyl (C=O) groups is 1. The van der Waals surface area contributed by atoms with E-state index in [0.29, 0.717) is 10.9 Å². The number of H-pyrrole nitrogens is 1. The summed E-state index contributed by atoms with van der Waals surface area (Å²) in [6.45, 7) is -0.317. The normalized spacial score (nSPS) is 16.6. The van der Waals surface area contributed by atoms with Crippen LogP contribution in [0.15, 0.2) is 50.6 Å². The van der Waals surface area contributed by atoms with E-state index in [1.165, 1.54) is 0 Å². The van der Waals surface area contributed by atoms with Crippen LogP contribution < -0.4 is 16.6 Å². The third-order valence-corrected chi connectivity index (χ3v) is 4.58. The maximum Gasteiger partial charge on any atom is 0.329 e. The zero-order valence-corrected chi connectivity index (χ0v) is 13.5. The lowest BCUT2D eigenvalue weighted by Gasteiger charge is -2.22. The molecule has 1 amide bonds. The van der Waals surface area contributed by atoms with E-state index < -0.39 is 11.2 Å². The van der Waals surface area contributed by atoms with Crippen molar-refractivity contribution in [3.05, 3.63) is 68.8 Å². The van der Waals surface area contributed by atoms with E-state index in [1.807, 2.05) is 6.07 Å². The smallest absolute Gasteiger partial charge is 0.329 e. The Kier molecular flexibility index (Phi) is 3.76. The van der Waals surface area contributed by atoms with Crippen LogP contribution in [0.4, 0.5) is 0 Å². The summed E-state index contributed by atoms with van der Waals surface area (Å²) in [5, 5.41) is 3.28. The van der Waals surface area contributed by atoms with Gasteiger partial charge in [-0.15, -0.1) is 0 Å². The fraction of sp³-hybridized carbons (Fsp3) is 0.278. The molecule has 2 heterocycles. The Morgan fingerprint density at radius 3 is 3.00 bits per heavy atom. The first-order valence-corrected chi connectivity index (χ1v) is 8.21. The molecule has 25 heavy (non-hydrogen) atoms. The monoisotopic (exact) mass is 339 g/mol. The van der Waals surface area contributed by atoms with Crippen LogP contribution >= 0.6 is 0 Å². The predicted molar refractivity (Wildman–Crippen MR) is 91.4 cm³/mol. The lowest BCUT2D eigenvalue weighted by atomic mass is 9.93. The molecular weight excluding hydrogens is 322 g/mol. The average molecular weight is 339 g/mol. The molecule has 3 aromatic rings. The predicted octanol–water partition coefficient (Wildman–Crippen LogP) is 1.48. The Morgan fingerprint density at radius 1 is 1.28 bits per heavy atom. The van der Waals surface area contributed by atoms with Gasteiger partial charge in [0.05, 0.1) is 23.2 Å². The Hall–Kier alpha value is -3.09. The number of fused-ring (bicyclic) bond motifs is 2. The van der Waals surface area contributed by atoms with Gasteiger partial charge in [-0.2, -0.15) is 0 Å². The van der Waals surface area contributed by atoms with Crippen LogP contribution in [0, 0.1) is 0 Å². The molecule has 1 aliphatic rings. The third-order valence-electron chi connectivity index (χ3n) is 4.58. The molecule has 7 heteroatoms. The maximum atomic E-state index is 12.5. The minimum absolute atomic E-state index is 0.148. The van der Waals surface area contributed by atoms with Crippen molar-refractivity contribution >= 4 is 16.8 Å². The molecule has 0 saturated carbocycles. The van der Waals surface area contributed by atoms with E-state index in [4.69, 9.17) is 4.42 Å². The largest absolute Gasteiger partial charge is 0.469 e. The van der Waals surface area contributed by atoms with Crippen molar-refractivity contribution in [3.63, 3.8) is 0 Å². The van der Waals surface area contributed by atoms with E-state index in [2.05, 4.69) is 10.3 Å². The van der Waals surface area contributed by atoms with E-state index in [-0.39, 0.29) is 18.5 Å². The topological polar surface area (TPSA) is 97.1 Å². The summed E-state index contributed by atoms with van der Waals surface area (Å²) >= 11 is 0. The molecule has 128 valence electrons. The van der Waals surface area contributed by atoms with Crippen LogP contribution in [0.5, 0.6) is 0 Å². The number of carbonyl (C=O) groups excluding carboxylic acids is 1. The Bertz CT molecular complexity index is 1060. The summed E-state index contributed by atoms with van der Waals surface area (Å²) in [6, 6.07) is 8.44. The van der Waals surface area contributed by atoms with Gasteiger partial charge in [0.2, 0.25) is 5.91 Å². The van der Waals surface area contributed by atoms with Crippen LogP contribution in [0.1, 0.15) is 30.2 Å². The number of hydrogen-bond acceptors (Lipinski definition) is 4. The van der Waals surface area contributed by atoms with Crippen molar-refractivity contribution in [1.29, 1.82) is 0 Å². The standard InChI is InChI=1S/C18H17N3O4/c22-16(19-13-6-3-7-15-11(13)8-9-25-15)10-21-17(23)12-4-1-2-5-14(12)20-18(21)24/h1-2,4-5,8-9,13H,3,6-7,10H2,(H,19,22)(H,20,24). The van der Waals surface area contributed by atoms with Gasteiger partial charge in [-0.1, -0.05) is 12.1 Å². The highest BCUT2D eigenvalue weighted by Crippen LogP contribution is 2.30. The van der Waals surface area contributed by atoms with Gasteiger partial charge in [0, 0.05) is 12.0 Å². The van der Waals surface area contributed by atoms with Crippen LogP contribution in [0.25, 0.3) is 10.9 Å². The SMILES string of the molecule is O=C(Cn1c(=O)[nH]c2ccccc2c1=O)NC1CCCc2occc21. The van der Waals surface area contributed by atoms with Crippen molar-refractivity contribution in [2.45, 2.75) is 31.8 Å². The summed E-state index contributed by atoms with van der Waals surface area (Å²) in [4.78, 5) is 39.7. The number of benzene rings is 1. The van der Waals surface area contributed by atoms with Crippen molar-refractivity contribution in [2.75, 3.05) is 0 Å². The van der Waals surface area contributed by atoms with Gasteiger partial charge in [0.15, 0.2) is 0 Å². The minimum Gasteiger partial charge on any atom is -0.469 e. The molecule has 0 fully saturated rings. The number of aryl methyl sites for hydroxylation is 1. The number of rotatable bonds is 3. The Morgan fingerprint density at radius 2 is 2.12 bits per heavy atom. The molecule has 0 spiro atoms. The van der Waals surface area contributed by atoms with E-state index in [0.717, 1.165) is 35.2 Å². The van der Waals surface area contributed by atoms with Gasteiger partial charge in [0.1, 0.15) is 12.3 Å². The molecule has 1 aromatic carbocycles. The van der Waals surface area contributed by atoms with Crippen LogP contribution in [-0.2, 0) is 17.8 Å². The molecule has 4 rings (SSSR count). The van der Waals surface area contributed by atoms with Crippen molar-refractivity contribution in [1.82, 2.24) is 14.9 Å². The first-order valence-electron chi connectivity index (χ1n) is 8.21. The summed E-state index contributed by atoms with van der Waals surface area (Å²) in [6.07, 6.45) is 4.20. The number of para-hydroxylation sites is 1. The lowest BCUT2D eigenvalue weighted by Crippen LogP contribution is -2.41. The Labute approximate surface area is 142 Å². The summed E-state index contributed by atoms with van der Waals surface area (Å²) in [5.74, 6) is 0.513. The molecule has 1 atom stereocenters. The number of furan rings is 1. The van der Waals surface area contributed by atoms with E-state index >= 15 is 0 Å². The highest BCUT2D eigenvalue weighted by Gasteiger charge is 2.24. The molecule has 0 saturated heterocycles. The lowest BCUT2D eigenvalue weighted by molar-refractivity contribution is -0.122. The van der Waals surface area contributed by atoms with E-state index in [1.54, 1.807) is 30.5 Å². The van der Waals surface area contributed by atoms with Crippen molar-refractivity contribution < 1.29 is 9.21 Å². The molecule has 0 bridgehead atoms. The molecule has 2 N–H and O–H groups in total. The van der Waals surface area contributed by atoms with Gasteiger partial charge in [-0.25, -0.2) is 4.79 Å². The second-order valence-corrected chi connectivity index (χ2v) is 6.18. The molecule has 0 radical (unpaired) electrons. The van der Waals surface area contributed by atoms with Crippen molar-refractivity contribution in [2.24, 2.45) is 0 Å². The number of aromatic nitrogens is 2. The zero-order chi connectivity index (χ0) is 17.4. The van der Waals surface area contributed by atoms with Crippen LogP contribution in [0.2, 0.25) is 0 Å². The first kappa shape index (κ1) is 15.4. The summed E-state index contributed by atoms with van der Waals surface area (Å²) < 4.78 is 6.34. The average Bonchev–Trinajstić information content (AvgIpc) is 3.08. The molecular formula is C18H17N3O4. The van der Waals surface area contributed by atoms with Gasteiger partial charge in [-0.3, -0.25) is 14.2 Å². The maximum absolute atomic E-state index is 12.5. The number of aromatic amines is 1. The second kappa shape index (κ2) is 6.08. The number of amides is 1. The second-order valence-electron chi connectivity index (χ2n) is 6.18. The molecule has 2 aromatic heterocycles. The molecule has 7 nitrogen and oxygen atoms in total. The van der Waals surface area contributed by atoms with Crippen LogP contribution in [0.3, 0.4) is 0 Å². The minimum atomic E-state index is -0.591. The molecule has 0 aliphatic heterocycles. The van der Waals surface area contributed by atoms with Crippen LogP contribution in [-0.4, -0.2) is 15.5 Å². The fourth-order valence-electron chi connectivity index (χ4n) is 3.36. The van der Waals surface area contributed by atoms with Gasteiger partial charge in [-0.05, 0) is 31.0 Å². The fourth-order valence-corrected chi connectivity index (χ4v) is 3.36. The summed E-state index contributed by atoms with van der Waals surface area (Å²) in [7, 11) is 0. The zero-order valence-electron chi connectivity index (χ0n) is 13.5. The summed E-state index contributed by atoms with van der Waals surface area (Å²) in [5.41, 5.74) is 0.373. The third kappa shape index (κ3) is 2.77. The Balaban J connectivity index is 1.59. The molecule has 1 unspecified atom stereocenters. The highest BCUT2D eigenvalue weighted by atomic mass is 16.3. The quantitative estimate of drug-likeness (QED) is 0.755. The molecule has 1 aliphatic carbocycles. The highest BCUT2D eigenvalue weighted by molar-refractivity contribution is 5.79. The number of nitrogens with one attached hydrogen (secondary N) is 2. The number of hydrogen-bond donors (Lipinski definition) is 2. The number of nitrogens with zero attached hydrogens (tertiary/aromatic N) is 1. The van der Waals surface area contributed by atoms with Crippen molar-refractivity contribution in [3.8, 4) is 0 Å². The van der Waals surface area contributed by atoms with Gasteiger partial charge < -0.3 is 14.7 Å². The van der Waals surface area contributed by atoms with E-state index in [9.17, 15) is 14.4 Å². The first-order chi connectivity index (χ1) is 12.1.